The van der Waals surface area contributed by atoms with Crippen LogP contribution < -0.4 is 25.4 Å². The second-order valence-corrected chi connectivity index (χ2v) is 8.76. The van der Waals surface area contributed by atoms with Gasteiger partial charge in [-0.15, -0.1) is 11.3 Å². The monoisotopic (exact) mass is 453 g/mol. The van der Waals surface area contributed by atoms with Gasteiger partial charge in [0.15, 0.2) is 5.13 Å². The molecule has 4 rings (SSSR count). The average molecular weight is 454 g/mol. The highest BCUT2D eigenvalue weighted by atomic mass is 32.1. The SMILES string of the molecule is COc1ccc(-c2csc(-c3sc(Nc4ccc(N(C)C)cc4)nc3N)n2)c(OC)c1. The van der Waals surface area contributed by atoms with E-state index >= 15 is 0 Å². The van der Waals surface area contributed by atoms with Gasteiger partial charge in [0.25, 0.3) is 0 Å². The number of anilines is 4. The van der Waals surface area contributed by atoms with Crippen molar-refractivity contribution in [2.24, 2.45) is 0 Å². The van der Waals surface area contributed by atoms with Gasteiger partial charge in [0, 0.05) is 42.5 Å². The van der Waals surface area contributed by atoms with E-state index in [4.69, 9.17) is 20.2 Å². The molecule has 9 heteroatoms. The van der Waals surface area contributed by atoms with Crippen LogP contribution in [0.1, 0.15) is 0 Å². The molecule has 0 aliphatic heterocycles. The third kappa shape index (κ3) is 4.42. The highest BCUT2D eigenvalue weighted by molar-refractivity contribution is 7.23. The van der Waals surface area contributed by atoms with E-state index in [2.05, 4.69) is 27.3 Å². The number of benzene rings is 2. The molecule has 4 aromatic rings. The Labute approximate surface area is 189 Å². The Morgan fingerprint density at radius 1 is 1.00 bits per heavy atom. The van der Waals surface area contributed by atoms with Gasteiger partial charge >= 0.3 is 0 Å². The minimum Gasteiger partial charge on any atom is -0.497 e. The normalized spacial score (nSPS) is 10.7. The molecule has 0 radical (unpaired) electrons. The molecule has 0 saturated heterocycles. The van der Waals surface area contributed by atoms with Crippen LogP contribution in [0.2, 0.25) is 0 Å². The molecule has 0 saturated carbocycles. The van der Waals surface area contributed by atoms with Crippen LogP contribution in [-0.4, -0.2) is 38.3 Å². The molecule has 2 aromatic heterocycles. The van der Waals surface area contributed by atoms with Gasteiger partial charge in [-0.2, -0.15) is 0 Å². The Bertz CT molecular complexity index is 1190. The van der Waals surface area contributed by atoms with Gasteiger partial charge in [0.2, 0.25) is 0 Å². The Morgan fingerprint density at radius 3 is 2.45 bits per heavy atom. The summed E-state index contributed by atoms with van der Waals surface area (Å²) in [5.74, 6) is 1.90. The van der Waals surface area contributed by atoms with Crippen LogP contribution in [0.15, 0.2) is 47.8 Å². The molecular weight excluding hydrogens is 430 g/mol. The van der Waals surface area contributed by atoms with Crippen molar-refractivity contribution in [3.63, 3.8) is 0 Å². The fourth-order valence-corrected chi connectivity index (χ4v) is 4.84. The minimum absolute atomic E-state index is 0.458. The first-order chi connectivity index (χ1) is 15.0. The lowest BCUT2D eigenvalue weighted by Crippen LogP contribution is -2.08. The lowest BCUT2D eigenvalue weighted by atomic mass is 10.1. The molecule has 31 heavy (non-hydrogen) atoms. The van der Waals surface area contributed by atoms with E-state index in [1.807, 2.05) is 49.8 Å². The molecule has 160 valence electrons. The maximum atomic E-state index is 6.21. The van der Waals surface area contributed by atoms with E-state index in [0.717, 1.165) is 43.4 Å². The molecule has 0 bridgehead atoms. The minimum atomic E-state index is 0.458. The van der Waals surface area contributed by atoms with Crippen molar-refractivity contribution in [2.45, 2.75) is 0 Å². The molecule has 0 atom stereocenters. The number of nitrogens with zero attached hydrogens (tertiary/aromatic N) is 3. The summed E-state index contributed by atoms with van der Waals surface area (Å²) >= 11 is 3.01. The smallest absolute Gasteiger partial charge is 0.189 e. The van der Waals surface area contributed by atoms with Crippen LogP contribution in [0.25, 0.3) is 21.1 Å². The molecule has 2 heterocycles. The first-order valence-electron chi connectivity index (χ1n) is 9.47. The Hall–Kier alpha value is -3.30. The third-order valence-electron chi connectivity index (χ3n) is 4.67. The van der Waals surface area contributed by atoms with Crippen LogP contribution in [0.3, 0.4) is 0 Å². The summed E-state index contributed by atoms with van der Waals surface area (Å²) in [4.78, 5) is 12.2. The third-order valence-corrected chi connectivity index (χ3v) is 6.65. The summed E-state index contributed by atoms with van der Waals surface area (Å²) in [6, 6.07) is 13.8. The maximum absolute atomic E-state index is 6.21. The summed E-state index contributed by atoms with van der Waals surface area (Å²) in [5, 5.41) is 6.86. The molecule has 3 N–H and O–H groups in total. The summed E-state index contributed by atoms with van der Waals surface area (Å²) in [5.41, 5.74) is 10.0. The van der Waals surface area contributed by atoms with Crippen LogP contribution >= 0.6 is 22.7 Å². The highest BCUT2D eigenvalue weighted by Crippen LogP contribution is 2.41. The first kappa shape index (κ1) is 21.0. The molecule has 0 spiro atoms. The van der Waals surface area contributed by atoms with Crippen LogP contribution in [-0.2, 0) is 0 Å². The molecular formula is C22H23N5O2S2. The van der Waals surface area contributed by atoms with Gasteiger partial charge in [-0.25, -0.2) is 9.97 Å². The van der Waals surface area contributed by atoms with Crippen molar-refractivity contribution in [1.29, 1.82) is 0 Å². The number of thiazole rings is 2. The lowest BCUT2D eigenvalue weighted by molar-refractivity contribution is 0.395. The maximum Gasteiger partial charge on any atom is 0.189 e. The standard InChI is InChI=1S/C22H23N5O2S2/c1-27(2)14-7-5-13(6-8-14)24-22-26-20(23)19(31-22)21-25-17(12-30-21)16-10-9-15(28-3)11-18(16)29-4/h5-12H,23H2,1-4H3,(H,24,26). The van der Waals surface area contributed by atoms with E-state index in [0.29, 0.717) is 11.6 Å². The second-order valence-electron chi connectivity index (χ2n) is 6.90. The topological polar surface area (TPSA) is 85.5 Å². The Kier molecular flexibility index (Phi) is 5.97. The van der Waals surface area contributed by atoms with E-state index in [-0.39, 0.29) is 0 Å². The number of nitrogens with two attached hydrogens (primary N) is 1. The Morgan fingerprint density at radius 2 is 1.77 bits per heavy atom. The number of ether oxygens (including phenoxy) is 2. The number of nitrogen functional groups attached to an aromatic ring is 1. The van der Waals surface area contributed by atoms with E-state index in [1.165, 1.54) is 22.7 Å². The highest BCUT2D eigenvalue weighted by Gasteiger charge is 2.17. The number of methoxy groups -OCH3 is 2. The number of hydrogen-bond acceptors (Lipinski definition) is 9. The fourth-order valence-electron chi connectivity index (χ4n) is 3.02. The summed E-state index contributed by atoms with van der Waals surface area (Å²) in [6.45, 7) is 0. The lowest BCUT2D eigenvalue weighted by Gasteiger charge is -2.12. The molecule has 0 aliphatic rings. The summed E-state index contributed by atoms with van der Waals surface area (Å²) in [7, 11) is 7.29. The van der Waals surface area contributed by atoms with Crippen molar-refractivity contribution < 1.29 is 9.47 Å². The van der Waals surface area contributed by atoms with Gasteiger partial charge in [-0.05, 0) is 36.4 Å². The molecule has 0 amide bonds. The number of nitrogens with one attached hydrogen (secondary N) is 1. The van der Waals surface area contributed by atoms with Gasteiger partial charge in [0.05, 0.1) is 19.9 Å². The van der Waals surface area contributed by atoms with E-state index in [9.17, 15) is 0 Å². The summed E-state index contributed by atoms with van der Waals surface area (Å²) in [6.07, 6.45) is 0. The molecule has 0 aliphatic carbocycles. The zero-order valence-corrected chi connectivity index (χ0v) is 19.3. The van der Waals surface area contributed by atoms with Gasteiger partial charge in [-0.1, -0.05) is 11.3 Å². The predicted molar refractivity (Wildman–Crippen MR) is 130 cm³/mol. The van der Waals surface area contributed by atoms with Crippen LogP contribution in [0.5, 0.6) is 11.5 Å². The molecule has 0 fully saturated rings. The van der Waals surface area contributed by atoms with Gasteiger partial charge in [-0.3, -0.25) is 0 Å². The van der Waals surface area contributed by atoms with Crippen LogP contribution in [0, 0.1) is 0 Å². The van der Waals surface area contributed by atoms with E-state index < -0.39 is 0 Å². The zero-order valence-electron chi connectivity index (χ0n) is 17.7. The van der Waals surface area contributed by atoms with Crippen molar-refractivity contribution in [3.05, 3.63) is 47.8 Å². The summed E-state index contributed by atoms with van der Waals surface area (Å²) < 4.78 is 10.8. The van der Waals surface area contributed by atoms with Crippen molar-refractivity contribution in [3.8, 4) is 32.6 Å². The molecule has 7 nitrogen and oxygen atoms in total. The van der Waals surface area contributed by atoms with Gasteiger partial charge in [0.1, 0.15) is 27.2 Å². The quantitative estimate of drug-likeness (QED) is 0.390. The van der Waals surface area contributed by atoms with Crippen molar-refractivity contribution in [1.82, 2.24) is 9.97 Å². The first-order valence-corrected chi connectivity index (χ1v) is 11.2. The predicted octanol–water partition coefficient (Wildman–Crippen LogP) is 5.34. The number of aromatic nitrogens is 2. The van der Waals surface area contributed by atoms with Crippen molar-refractivity contribution in [2.75, 3.05) is 44.3 Å². The van der Waals surface area contributed by atoms with Crippen LogP contribution in [0.4, 0.5) is 22.3 Å². The number of hydrogen-bond donors (Lipinski definition) is 2. The zero-order chi connectivity index (χ0) is 22.0. The van der Waals surface area contributed by atoms with Crippen molar-refractivity contribution >= 4 is 45.0 Å². The fraction of sp³-hybridized carbons (Fsp3) is 0.182. The largest absolute Gasteiger partial charge is 0.497 e. The molecule has 0 unspecified atom stereocenters. The number of rotatable bonds is 7. The Balaban J connectivity index is 1.58. The van der Waals surface area contributed by atoms with E-state index in [1.54, 1.807) is 14.2 Å². The average Bonchev–Trinajstić information content (AvgIpc) is 3.40. The second kappa shape index (κ2) is 8.83. The van der Waals surface area contributed by atoms with Gasteiger partial charge < -0.3 is 25.4 Å². The molecule has 2 aromatic carbocycles.